The van der Waals surface area contributed by atoms with Gasteiger partial charge in [-0.05, 0) is 87.6 Å². The normalized spacial score (nSPS) is 14.8. The van der Waals surface area contributed by atoms with Crippen LogP contribution in [0, 0.1) is 23.0 Å². The van der Waals surface area contributed by atoms with Crippen LogP contribution in [0.3, 0.4) is 0 Å². The molecule has 1 heterocycles. The number of nitrogens with zero attached hydrogens (tertiary/aromatic N) is 1. The molecule has 0 saturated carbocycles. The third-order valence-corrected chi connectivity index (χ3v) is 7.75. The molecule has 1 aliphatic heterocycles. The van der Waals surface area contributed by atoms with E-state index in [1.807, 2.05) is 39.0 Å². The highest BCUT2D eigenvalue weighted by Crippen LogP contribution is 2.37. The van der Waals surface area contributed by atoms with Crippen LogP contribution in [0.4, 0.5) is 14.5 Å². The fourth-order valence-electron chi connectivity index (χ4n) is 5.13. The van der Waals surface area contributed by atoms with E-state index in [2.05, 4.69) is 34.1 Å². The van der Waals surface area contributed by atoms with Crippen LogP contribution in [0.25, 0.3) is 5.57 Å². The zero-order valence-electron chi connectivity index (χ0n) is 29.0. The molecule has 2 amide bonds. The minimum absolute atomic E-state index is 0.0449. The number of rotatable bonds is 18. The molecule has 11 heteroatoms. The van der Waals surface area contributed by atoms with Crippen LogP contribution in [0.1, 0.15) is 62.0 Å². The number of benzene rings is 2. The van der Waals surface area contributed by atoms with Crippen molar-refractivity contribution >= 4 is 34.5 Å². The number of allylic oxidation sites excluding steroid dienone is 8. The highest BCUT2D eigenvalue weighted by Gasteiger charge is 2.29. The molecule has 0 aromatic heterocycles. The molecule has 264 valence electrons. The largest absolute Gasteiger partial charge is 0.455 e. The Bertz CT molecular complexity index is 1770. The fraction of sp³-hybridized carbons (Fsp3) is 0.282. The summed E-state index contributed by atoms with van der Waals surface area (Å²) < 4.78 is 36.0. The van der Waals surface area contributed by atoms with Gasteiger partial charge in [0.05, 0.1) is 17.5 Å². The second-order valence-electron chi connectivity index (χ2n) is 11.6. The Hall–Kier alpha value is -5.42. The van der Waals surface area contributed by atoms with Crippen LogP contribution in [-0.2, 0) is 11.2 Å². The Balaban J connectivity index is 1.66. The Labute approximate surface area is 293 Å². The van der Waals surface area contributed by atoms with Gasteiger partial charge in [-0.15, -0.1) is 0 Å². The fourth-order valence-corrected chi connectivity index (χ4v) is 5.13. The van der Waals surface area contributed by atoms with Crippen molar-refractivity contribution in [2.75, 3.05) is 18.4 Å². The Morgan fingerprint density at radius 2 is 1.82 bits per heavy atom. The average Bonchev–Trinajstić information content (AvgIpc) is 3.51. The van der Waals surface area contributed by atoms with E-state index in [0.717, 1.165) is 5.56 Å². The molecule has 2 aromatic carbocycles. The highest BCUT2D eigenvalue weighted by atomic mass is 19.2. The van der Waals surface area contributed by atoms with Gasteiger partial charge in [0.1, 0.15) is 5.76 Å². The molecule has 1 aliphatic rings. The maximum absolute atomic E-state index is 15.4. The lowest BCUT2D eigenvalue weighted by Gasteiger charge is -2.19. The molecule has 2 unspecified atom stereocenters. The number of nitrogens with two attached hydrogens (primary N) is 1. The Morgan fingerprint density at radius 3 is 2.50 bits per heavy atom. The third kappa shape index (κ3) is 10.5. The predicted molar refractivity (Wildman–Crippen MR) is 198 cm³/mol. The Kier molecular flexibility index (Phi) is 14.8. The molecular weight excluding hydrogens is 638 g/mol. The predicted octanol–water partition coefficient (Wildman–Crippen LogP) is 7.16. The van der Waals surface area contributed by atoms with Gasteiger partial charge in [0.25, 0.3) is 5.91 Å². The first kappa shape index (κ1) is 39.0. The van der Waals surface area contributed by atoms with Crippen molar-refractivity contribution in [3.63, 3.8) is 0 Å². The van der Waals surface area contributed by atoms with Crippen molar-refractivity contribution in [2.24, 2.45) is 16.6 Å². The van der Waals surface area contributed by atoms with Crippen LogP contribution in [-0.4, -0.2) is 42.4 Å². The number of aliphatic imine (C=N–C) groups is 1. The van der Waals surface area contributed by atoms with Gasteiger partial charge in [-0.3, -0.25) is 14.6 Å². The minimum atomic E-state index is -1.14. The molecule has 0 bridgehead atoms. The summed E-state index contributed by atoms with van der Waals surface area (Å²) in [5.74, 6) is -3.45. The molecule has 0 radical (unpaired) electrons. The van der Waals surface area contributed by atoms with E-state index >= 15 is 8.78 Å². The molecule has 2 aromatic rings. The summed E-state index contributed by atoms with van der Waals surface area (Å²) in [7, 11) is 0. The Morgan fingerprint density at radius 1 is 1.08 bits per heavy atom. The lowest BCUT2D eigenvalue weighted by molar-refractivity contribution is -0.122. The van der Waals surface area contributed by atoms with E-state index in [-0.39, 0.29) is 42.0 Å². The smallest absolute Gasteiger partial charge is 0.251 e. The first-order valence-corrected chi connectivity index (χ1v) is 16.4. The summed E-state index contributed by atoms with van der Waals surface area (Å²) in [5.41, 5.74) is 9.74. The van der Waals surface area contributed by atoms with Gasteiger partial charge in [-0.1, -0.05) is 50.5 Å². The molecule has 0 aliphatic carbocycles. The first-order chi connectivity index (χ1) is 23.9. The van der Waals surface area contributed by atoms with E-state index < -0.39 is 23.6 Å². The lowest BCUT2D eigenvalue weighted by Crippen LogP contribution is -2.43. The average molecular weight is 685 g/mol. The number of hydrogen-bond acceptors (Lipinski definition) is 7. The van der Waals surface area contributed by atoms with E-state index in [9.17, 15) is 9.59 Å². The number of ether oxygens (including phenoxy) is 1. The zero-order valence-corrected chi connectivity index (χ0v) is 29.0. The molecule has 0 fully saturated rings. The summed E-state index contributed by atoms with van der Waals surface area (Å²) in [6.07, 6.45) is 13.3. The maximum Gasteiger partial charge on any atom is 0.251 e. The van der Waals surface area contributed by atoms with E-state index in [1.54, 1.807) is 43.4 Å². The van der Waals surface area contributed by atoms with Crippen molar-refractivity contribution in [3.8, 4) is 5.75 Å². The van der Waals surface area contributed by atoms with Crippen LogP contribution in [0.15, 0.2) is 103 Å². The van der Waals surface area contributed by atoms with Gasteiger partial charge in [-0.2, -0.15) is 4.39 Å². The molecule has 50 heavy (non-hydrogen) atoms. The number of carbonyl (C=O) groups is 2. The number of amides is 2. The van der Waals surface area contributed by atoms with Crippen molar-refractivity contribution < 1.29 is 23.1 Å². The van der Waals surface area contributed by atoms with Crippen molar-refractivity contribution in [3.05, 3.63) is 126 Å². The summed E-state index contributed by atoms with van der Waals surface area (Å²) >= 11 is 0. The van der Waals surface area contributed by atoms with Gasteiger partial charge in [0.2, 0.25) is 11.7 Å². The van der Waals surface area contributed by atoms with Crippen molar-refractivity contribution in [1.29, 1.82) is 5.41 Å². The quantitative estimate of drug-likeness (QED) is 0.0373. The van der Waals surface area contributed by atoms with Gasteiger partial charge >= 0.3 is 0 Å². The van der Waals surface area contributed by atoms with Gasteiger partial charge in [0.15, 0.2) is 11.6 Å². The molecule has 3 rings (SSSR count). The van der Waals surface area contributed by atoms with E-state index in [0.29, 0.717) is 53.2 Å². The summed E-state index contributed by atoms with van der Waals surface area (Å²) in [5, 5.41) is 16.2. The number of halogens is 2. The highest BCUT2D eigenvalue weighted by molar-refractivity contribution is 6.13. The van der Waals surface area contributed by atoms with Crippen LogP contribution < -0.4 is 26.4 Å². The minimum Gasteiger partial charge on any atom is -0.455 e. The molecule has 9 nitrogen and oxygen atoms in total. The molecular formula is C39H46F2N6O3. The number of nitrogens with one attached hydrogen (secondary N) is 4. The number of hydrogen-bond donors (Lipinski definition) is 5. The summed E-state index contributed by atoms with van der Waals surface area (Å²) in [4.78, 5) is 29.6. The van der Waals surface area contributed by atoms with Gasteiger partial charge < -0.3 is 31.8 Å². The van der Waals surface area contributed by atoms with Crippen LogP contribution in [0.5, 0.6) is 5.75 Å². The first-order valence-electron chi connectivity index (χ1n) is 16.4. The number of aryl methyl sites for hydroxylation is 1. The second kappa shape index (κ2) is 18.9. The standard InChI is InChI=1S/C39H46F2N6O3/c1-7-10-11-13-25(5)50-34-19-17-30(35(40)36(34)41)32-23-46-37(31(32)12-8-2)26(6)47-28-15-16-29(27(9-3)22-28)38(48)44-20-21-45-39(49)33(43)18-14-24(4)42/h7-8,10-13,15-17,19,22-23,31,33,42,47H,5-6,9,14,18,20-21,43H2,1-4H3,(H,44,48)(H,45,49)/b10-7-,12-8-,13-11-,42-24?. The van der Waals surface area contributed by atoms with Crippen molar-refractivity contribution in [2.45, 2.75) is 53.0 Å². The molecule has 0 spiro atoms. The van der Waals surface area contributed by atoms with Crippen molar-refractivity contribution in [1.82, 2.24) is 10.6 Å². The monoisotopic (exact) mass is 684 g/mol. The summed E-state index contributed by atoms with van der Waals surface area (Å²) in [6.45, 7) is 15.6. The molecule has 0 saturated heterocycles. The lowest BCUT2D eigenvalue weighted by atomic mass is 9.89. The van der Waals surface area contributed by atoms with E-state index in [4.69, 9.17) is 15.9 Å². The molecule has 6 N–H and O–H groups in total. The van der Waals surface area contributed by atoms with Crippen LogP contribution >= 0.6 is 0 Å². The topological polar surface area (TPSA) is 142 Å². The second-order valence-corrected chi connectivity index (χ2v) is 11.6. The number of carbonyl (C=O) groups excluding carboxylic acids is 2. The SMILES string of the molecule is C=C(/C=C\C=C/C)Oc1ccc(C2=CN=C(C(=C)Nc3ccc(C(=O)NCCNC(=O)C(N)CCC(C)=N)c(CC)c3)C2/C=C\C)c(F)c1F. The van der Waals surface area contributed by atoms with E-state index in [1.165, 1.54) is 18.3 Å². The third-order valence-electron chi connectivity index (χ3n) is 7.75. The maximum atomic E-state index is 15.4. The molecule has 2 atom stereocenters. The van der Waals surface area contributed by atoms with Crippen LogP contribution in [0.2, 0.25) is 0 Å². The van der Waals surface area contributed by atoms with Gasteiger partial charge in [-0.25, -0.2) is 4.39 Å². The number of anilines is 1. The zero-order chi connectivity index (χ0) is 36.8. The summed E-state index contributed by atoms with van der Waals surface area (Å²) in [6, 6.07) is 7.39. The van der Waals surface area contributed by atoms with Gasteiger partial charge in [0, 0.05) is 47.7 Å².